The zero-order valence-electron chi connectivity index (χ0n) is 17.5. The molecule has 31 heavy (non-hydrogen) atoms. The number of rotatable bonds is 5. The van der Waals surface area contributed by atoms with E-state index in [1.165, 1.54) is 22.3 Å². The highest BCUT2D eigenvalue weighted by Gasteiger charge is 2.28. The topological polar surface area (TPSA) is 56.8 Å². The third-order valence-electron chi connectivity index (χ3n) is 5.29. The van der Waals surface area contributed by atoms with Gasteiger partial charge in [0.2, 0.25) is 0 Å². The predicted molar refractivity (Wildman–Crippen MR) is 119 cm³/mol. The van der Waals surface area contributed by atoms with E-state index in [-0.39, 0.29) is 19.1 Å². The molecule has 4 rings (SSSR count). The number of hydrogen-bond acceptors (Lipinski definition) is 4. The van der Waals surface area contributed by atoms with Crippen LogP contribution in [0.4, 0.5) is 4.79 Å². The molecule has 3 aromatic rings. The van der Waals surface area contributed by atoms with Gasteiger partial charge < -0.3 is 19.5 Å². The SMILES string of the molecule is COc1ccc(OC)c(C#CCNC(=O)OCC2c3ccccc3-c3ccccc32)c1. The smallest absolute Gasteiger partial charge is 0.407 e. The van der Waals surface area contributed by atoms with E-state index >= 15 is 0 Å². The number of hydrogen-bond donors (Lipinski definition) is 1. The van der Waals surface area contributed by atoms with Crippen LogP contribution in [-0.2, 0) is 4.74 Å². The molecule has 1 amide bonds. The summed E-state index contributed by atoms with van der Waals surface area (Å²) in [4.78, 5) is 12.2. The van der Waals surface area contributed by atoms with Gasteiger partial charge in [0.1, 0.15) is 18.1 Å². The Balaban J connectivity index is 1.36. The molecule has 0 aliphatic heterocycles. The van der Waals surface area contributed by atoms with Crippen LogP contribution in [0.1, 0.15) is 22.6 Å². The van der Waals surface area contributed by atoms with Crippen molar-refractivity contribution in [3.63, 3.8) is 0 Å². The third kappa shape index (κ3) is 4.34. The molecule has 0 unspecified atom stereocenters. The number of ether oxygens (including phenoxy) is 3. The van der Waals surface area contributed by atoms with Gasteiger partial charge in [-0.1, -0.05) is 60.4 Å². The molecule has 0 atom stereocenters. The Morgan fingerprint density at radius 2 is 1.61 bits per heavy atom. The minimum absolute atomic E-state index is 0.0327. The summed E-state index contributed by atoms with van der Waals surface area (Å²) < 4.78 is 16.0. The lowest BCUT2D eigenvalue weighted by Crippen LogP contribution is -2.26. The molecule has 5 nitrogen and oxygen atoms in total. The van der Waals surface area contributed by atoms with Crippen LogP contribution in [0, 0.1) is 11.8 Å². The van der Waals surface area contributed by atoms with Gasteiger partial charge in [-0.15, -0.1) is 0 Å². The summed E-state index contributed by atoms with van der Waals surface area (Å²) >= 11 is 0. The maximum atomic E-state index is 12.2. The van der Waals surface area contributed by atoms with Gasteiger partial charge in [-0.25, -0.2) is 4.79 Å². The first-order valence-electron chi connectivity index (χ1n) is 10.0. The Morgan fingerprint density at radius 1 is 0.935 bits per heavy atom. The molecule has 0 aromatic heterocycles. The summed E-state index contributed by atoms with van der Waals surface area (Å²) in [5.41, 5.74) is 5.45. The van der Waals surface area contributed by atoms with Crippen molar-refractivity contribution >= 4 is 6.09 Å². The molecule has 0 bridgehead atoms. The Kier molecular flexibility index (Phi) is 6.09. The van der Waals surface area contributed by atoms with Crippen molar-refractivity contribution in [2.45, 2.75) is 5.92 Å². The van der Waals surface area contributed by atoms with E-state index in [1.54, 1.807) is 32.4 Å². The fourth-order valence-corrected chi connectivity index (χ4v) is 3.82. The van der Waals surface area contributed by atoms with Crippen molar-refractivity contribution in [2.24, 2.45) is 0 Å². The molecular weight excluding hydrogens is 390 g/mol. The van der Waals surface area contributed by atoms with Crippen molar-refractivity contribution in [1.82, 2.24) is 5.32 Å². The maximum Gasteiger partial charge on any atom is 0.407 e. The van der Waals surface area contributed by atoms with Gasteiger partial charge in [-0.05, 0) is 40.5 Å². The highest BCUT2D eigenvalue weighted by molar-refractivity contribution is 5.79. The normalized spacial score (nSPS) is 11.5. The average Bonchev–Trinajstić information content (AvgIpc) is 3.14. The second-order valence-electron chi connectivity index (χ2n) is 7.05. The Morgan fingerprint density at radius 3 is 2.26 bits per heavy atom. The van der Waals surface area contributed by atoms with E-state index in [2.05, 4.69) is 41.4 Å². The van der Waals surface area contributed by atoms with Gasteiger partial charge in [-0.3, -0.25) is 0 Å². The maximum absolute atomic E-state index is 12.2. The summed E-state index contributed by atoms with van der Waals surface area (Å²) in [7, 11) is 3.18. The monoisotopic (exact) mass is 413 g/mol. The first-order valence-corrected chi connectivity index (χ1v) is 10.0. The van der Waals surface area contributed by atoms with Crippen LogP contribution in [0.15, 0.2) is 66.7 Å². The van der Waals surface area contributed by atoms with Crippen LogP contribution >= 0.6 is 0 Å². The average molecular weight is 413 g/mol. The second-order valence-corrected chi connectivity index (χ2v) is 7.05. The van der Waals surface area contributed by atoms with Crippen molar-refractivity contribution < 1.29 is 19.0 Å². The largest absolute Gasteiger partial charge is 0.497 e. The third-order valence-corrected chi connectivity index (χ3v) is 5.29. The molecule has 0 saturated carbocycles. The highest BCUT2D eigenvalue weighted by atomic mass is 16.5. The van der Waals surface area contributed by atoms with Gasteiger partial charge >= 0.3 is 6.09 Å². The fraction of sp³-hybridized carbons (Fsp3) is 0.192. The number of alkyl carbamates (subject to hydrolysis) is 1. The Hall–Kier alpha value is -3.91. The molecule has 1 N–H and O–H groups in total. The lowest BCUT2D eigenvalue weighted by Gasteiger charge is -2.14. The van der Waals surface area contributed by atoms with Crippen molar-refractivity contribution in [1.29, 1.82) is 0 Å². The summed E-state index contributed by atoms with van der Waals surface area (Å²) in [5.74, 6) is 7.28. The van der Waals surface area contributed by atoms with E-state index in [9.17, 15) is 4.79 Å². The molecule has 3 aromatic carbocycles. The lowest BCUT2D eigenvalue weighted by molar-refractivity contribution is 0.144. The predicted octanol–water partition coefficient (Wildman–Crippen LogP) is 4.59. The number of nitrogens with one attached hydrogen (secondary N) is 1. The van der Waals surface area contributed by atoms with Crippen LogP contribution < -0.4 is 14.8 Å². The van der Waals surface area contributed by atoms with Crippen molar-refractivity contribution in [3.8, 4) is 34.5 Å². The summed E-state index contributed by atoms with van der Waals surface area (Å²) in [5, 5.41) is 2.68. The lowest BCUT2D eigenvalue weighted by atomic mass is 9.98. The number of carbonyl (C=O) groups is 1. The van der Waals surface area contributed by atoms with Crippen LogP contribution in [-0.4, -0.2) is 33.5 Å². The quantitative estimate of drug-likeness (QED) is 0.622. The zero-order valence-corrected chi connectivity index (χ0v) is 17.5. The molecule has 1 aliphatic carbocycles. The summed E-state index contributed by atoms with van der Waals surface area (Å²) in [6.07, 6.45) is -0.492. The minimum atomic E-state index is -0.492. The molecule has 0 saturated heterocycles. The Labute approximate surface area is 182 Å². The molecule has 1 aliphatic rings. The van der Waals surface area contributed by atoms with Gasteiger partial charge in [0.15, 0.2) is 0 Å². The summed E-state index contributed by atoms with van der Waals surface area (Å²) in [6.45, 7) is 0.439. The molecule has 156 valence electrons. The molecular formula is C26H23NO4. The number of fused-ring (bicyclic) bond motifs is 3. The molecule has 0 heterocycles. The molecule has 0 radical (unpaired) electrons. The van der Waals surface area contributed by atoms with Crippen molar-refractivity contribution in [3.05, 3.63) is 83.4 Å². The fourth-order valence-electron chi connectivity index (χ4n) is 3.82. The number of carbonyl (C=O) groups excluding carboxylic acids is 1. The zero-order chi connectivity index (χ0) is 21.6. The Bertz CT molecular complexity index is 1110. The van der Waals surface area contributed by atoms with E-state index in [0.29, 0.717) is 17.1 Å². The number of methoxy groups -OCH3 is 2. The molecule has 5 heteroatoms. The van der Waals surface area contributed by atoms with E-state index in [1.807, 2.05) is 24.3 Å². The standard InChI is InChI=1S/C26H23NO4/c1-29-19-13-14-25(30-2)18(16-19)8-7-15-27-26(28)31-17-24-22-11-5-3-9-20(22)21-10-4-6-12-23(21)24/h3-6,9-14,16,24H,15,17H2,1-2H3,(H,27,28). The first-order chi connectivity index (χ1) is 15.2. The van der Waals surface area contributed by atoms with Gasteiger partial charge in [0, 0.05) is 5.92 Å². The van der Waals surface area contributed by atoms with Gasteiger partial charge in [-0.2, -0.15) is 0 Å². The van der Waals surface area contributed by atoms with Gasteiger partial charge in [0.25, 0.3) is 0 Å². The molecule has 0 spiro atoms. The van der Waals surface area contributed by atoms with Crippen LogP contribution in [0.2, 0.25) is 0 Å². The molecule has 0 fully saturated rings. The van der Waals surface area contributed by atoms with Crippen molar-refractivity contribution in [2.75, 3.05) is 27.4 Å². The van der Waals surface area contributed by atoms with Crippen LogP contribution in [0.25, 0.3) is 11.1 Å². The second kappa shape index (κ2) is 9.27. The number of benzene rings is 3. The van der Waals surface area contributed by atoms with E-state index in [0.717, 1.165) is 0 Å². The minimum Gasteiger partial charge on any atom is -0.497 e. The van der Waals surface area contributed by atoms with E-state index < -0.39 is 6.09 Å². The first kappa shape index (κ1) is 20.4. The summed E-state index contributed by atoms with van der Waals surface area (Å²) in [6, 6.07) is 21.9. The van der Waals surface area contributed by atoms with Gasteiger partial charge in [0.05, 0.1) is 26.3 Å². The highest BCUT2D eigenvalue weighted by Crippen LogP contribution is 2.44. The number of amides is 1. The van der Waals surface area contributed by atoms with E-state index in [4.69, 9.17) is 14.2 Å². The van der Waals surface area contributed by atoms with Crippen LogP contribution in [0.5, 0.6) is 11.5 Å². The van der Waals surface area contributed by atoms with Crippen LogP contribution in [0.3, 0.4) is 0 Å².